The van der Waals surface area contributed by atoms with Gasteiger partial charge >= 0.3 is 0 Å². The molecule has 1 aliphatic carbocycles. The van der Waals surface area contributed by atoms with E-state index in [0.717, 1.165) is 23.7 Å². The number of carbonyl (C=O) groups excluding carboxylic acids is 1. The second-order valence-corrected chi connectivity index (χ2v) is 5.00. The number of fused-ring (bicyclic) bond motifs is 1. The summed E-state index contributed by atoms with van der Waals surface area (Å²) in [4.78, 5) is 17.3. The van der Waals surface area contributed by atoms with Gasteiger partial charge < -0.3 is 15.6 Å². The minimum atomic E-state index is 0.0512. The van der Waals surface area contributed by atoms with Gasteiger partial charge in [0.25, 0.3) is 5.91 Å². The van der Waals surface area contributed by atoms with E-state index >= 15 is 0 Å². The first-order valence-corrected chi connectivity index (χ1v) is 6.31. The molecule has 1 aromatic carbocycles. The Labute approximate surface area is 106 Å². The molecule has 3 N–H and O–H groups in total. The third kappa shape index (κ3) is 1.65. The van der Waals surface area contributed by atoms with Crippen molar-refractivity contribution in [1.82, 2.24) is 9.88 Å². The Morgan fingerprint density at radius 2 is 2.22 bits per heavy atom. The number of rotatable bonds is 2. The van der Waals surface area contributed by atoms with Crippen LogP contribution in [0.2, 0.25) is 0 Å². The molecule has 1 fully saturated rings. The first kappa shape index (κ1) is 11.1. The molecule has 1 aliphatic rings. The fraction of sp³-hybridized carbons (Fsp3) is 0.357. The summed E-state index contributed by atoms with van der Waals surface area (Å²) in [6.07, 6.45) is 3.46. The highest BCUT2D eigenvalue weighted by molar-refractivity contribution is 6.00. The van der Waals surface area contributed by atoms with E-state index in [1.54, 1.807) is 0 Å². The molecule has 0 spiro atoms. The third-order valence-corrected chi connectivity index (χ3v) is 3.86. The van der Waals surface area contributed by atoms with Gasteiger partial charge in [0.05, 0.1) is 11.2 Å². The lowest BCUT2D eigenvalue weighted by Crippen LogP contribution is -2.41. The van der Waals surface area contributed by atoms with E-state index in [1.165, 1.54) is 6.42 Å². The number of nitrogens with one attached hydrogen (secondary N) is 1. The van der Waals surface area contributed by atoms with E-state index in [4.69, 9.17) is 5.73 Å². The minimum absolute atomic E-state index is 0.0512. The zero-order valence-corrected chi connectivity index (χ0v) is 10.4. The molecule has 0 saturated heterocycles. The second-order valence-electron chi connectivity index (χ2n) is 5.00. The van der Waals surface area contributed by atoms with Crippen LogP contribution in [0.1, 0.15) is 29.8 Å². The van der Waals surface area contributed by atoms with Crippen LogP contribution in [0.3, 0.4) is 0 Å². The molecule has 2 aromatic rings. The summed E-state index contributed by atoms with van der Waals surface area (Å²) in [5.74, 6) is 0.0512. The molecule has 1 saturated carbocycles. The molecule has 4 nitrogen and oxygen atoms in total. The Balaban J connectivity index is 1.94. The predicted molar refractivity (Wildman–Crippen MR) is 72.4 cm³/mol. The van der Waals surface area contributed by atoms with E-state index in [1.807, 2.05) is 36.2 Å². The lowest BCUT2D eigenvalue weighted by Gasteiger charge is -2.34. The van der Waals surface area contributed by atoms with Crippen LogP contribution in [0.15, 0.2) is 24.3 Å². The molecule has 4 heteroatoms. The summed E-state index contributed by atoms with van der Waals surface area (Å²) in [6, 6.07) is 7.98. The zero-order valence-electron chi connectivity index (χ0n) is 10.4. The largest absolute Gasteiger partial charge is 0.397 e. The molecule has 1 amide bonds. The molecule has 0 atom stereocenters. The van der Waals surface area contributed by atoms with Crippen LogP contribution in [-0.2, 0) is 0 Å². The molecular formula is C14H17N3O. The summed E-state index contributed by atoms with van der Waals surface area (Å²) in [5.41, 5.74) is 8.04. The Kier molecular flexibility index (Phi) is 2.51. The lowest BCUT2D eigenvalue weighted by atomic mass is 9.92. The monoisotopic (exact) mass is 243 g/mol. The third-order valence-electron chi connectivity index (χ3n) is 3.86. The van der Waals surface area contributed by atoms with E-state index in [9.17, 15) is 4.79 Å². The standard InChI is InChI=1S/C14H17N3O/c1-17(10-5-3-6-10)14(18)12-8-9-4-2-7-11(15)13(9)16-12/h2,4,7-8,10,16H,3,5-6,15H2,1H3. The molecule has 94 valence electrons. The van der Waals surface area contributed by atoms with Crippen molar-refractivity contribution in [2.75, 3.05) is 12.8 Å². The number of nitrogens with zero attached hydrogens (tertiary/aromatic N) is 1. The van der Waals surface area contributed by atoms with Gasteiger partial charge in [-0.05, 0) is 31.4 Å². The smallest absolute Gasteiger partial charge is 0.270 e. The van der Waals surface area contributed by atoms with E-state index in [2.05, 4.69) is 4.98 Å². The van der Waals surface area contributed by atoms with Crippen molar-refractivity contribution in [3.8, 4) is 0 Å². The van der Waals surface area contributed by atoms with E-state index in [-0.39, 0.29) is 5.91 Å². The fourth-order valence-corrected chi connectivity index (χ4v) is 2.42. The SMILES string of the molecule is CN(C(=O)c1cc2cccc(N)c2[nH]1)C1CCC1. The number of hydrogen-bond donors (Lipinski definition) is 2. The number of nitrogen functional groups attached to an aromatic ring is 1. The van der Waals surface area contributed by atoms with Gasteiger partial charge in [0.1, 0.15) is 5.69 Å². The van der Waals surface area contributed by atoms with Crippen molar-refractivity contribution in [3.05, 3.63) is 30.0 Å². The average Bonchev–Trinajstić information content (AvgIpc) is 2.71. The van der Waals surface area contributed by atoms with Crippen molar-refractivity contribution in [2.24, 2.45) is 0 Å². The highest BCUT2D eigenvalue weighted by Crippen LogP contribution is 2.26. The van der Waals surface area contributed by atoms with Gasteiger partial charge in [-0.1, -0.05) is 12.1 Å². The van der Waals surface area contributed by atoms with Crippen molar-refractivity contribution in [2.45, 2.75) is 25.3 Å². The number of hydrogen-bond acceptors (Lipinski definition) is 2. The Bertz CT molecular complexity index is 598. The zero-order chi connectivity index (χ0) is 12.7. The summed E-state index contributed by atoms with van der Waals surface area (Å²) in [5, 5.41) is 0.986. The van der Waals surface area contributed by atoms with Crippen LogP contribution < -0.4 is 5.73 Å². The summed E-state index contributed by atoms with van der Waals surface area (Å²) >= 11 is 0. The Hall–Kier alpha value is -1.97. The van der Waals surface area contributed by atoms with Gasteiger partial charge in [0, 0.05) is 18.5 Å². The second kappa shape index (κ2) is 4.05. The predicted octanol–water partition coefficient (Wildman–Crippen LogP) is 2.37. The first-order chi connectivity index (χ1) is 8.66. The quantitative estimate of drug-likeness (QED) is 0.795. The molecule has 18 heavy (non-hydrogen) atoms. The fourth-order valence-electron chi connectivity index (χ4n) is 2.42. The number of aromatic nitrogens is 1. The van der Waals surface area contributed by atoms with Crippen LogP contribution in [-0.4, -0.2) is 28.9 Å². The van der Waals surface area contributed by atoms with Gasteiger partial charge in [-0.3, -0.25) is 4.79 Å². The van der Waals surface area contributed by atoms with E-state index < -0.39 is 0 Å². The van der Waals surface area contributed by atoms with Crippen molar-refractivity contribution >= 4 is 22.5 Å². The number of H-pyrrole nitrogens is 1. The van der Waals surface area contributed by atoms with Crippen molar-refractivity contribution < 1.29 is 4.79 Å². The summed E-state index contributed by atoms with van der Waals surface area (Å²) in [7, 11) is 1.88. The van der Waals surface area contributed by atoms with Gasteiger partial charge in [0.2, 0.25) is 0 Å². The lowest BCUT2D eigenvalue weighted by molar-refractivity contribution is 0.0647. The van der Waals surface area contributed by atoms with Gasteiger partial charge in [-0.2, -0.15) is 0 Å². The number of carbonyl (C=O) groups is 1. The molecular weight excluding hydrogens is 226 g/mol. The molecule has 0 aliphatic heterocycles. The summed E-state index contributed by atoms with van der Waals surface area (Å²) in [6.45, 7) is 0. The van der Waals surface area contributed by atoms with Gasteiger partial charge in [-0.25, -0.2) is 0 Å². The molecule has 0 radical (unpaired) electrons. The highest BCUT2D eigenvalue weighted by Gasteiger charge is 2.27. The van der Waals surface area contributed by atoms with Crippen LogP contribution >= 0.6 is 0 Å². The number of aromatic amines is 1. The molecule has 1 aromatic heterocycles. The molecule has 0 unspecified atom stereocenters. The topological polar surface area (TPSA) is 62.1 Å². The maximum Gasteiger partial charge on any atom is 0.270 e. The number of anilines is 1. The number of amides is 1. The van der Waals surface area contributed by atoms with Crippen LogP contribution in [0.5, 0.6) is 0 Å². The number of para-hydroxylation sites is 1. The minimum Gasteiger partial charge on any atom is -0.397 e. The van der Waals surface area contributed by atoms with Crippen molar-refractivity contribution in [1.29, 1.82) is 0 Å². The molecule has 3 rings (SSSR count). The van der Waals surface area contributed by atoms with Crippen LogP contribution in [0.25, 0.3) is 10.9 Å². The van der Waals surface area contributed by atoms with Gasteiger partial charge in [-0.15, -0.1) is 0 Å². The van der Waals surface area contributed by atoms with Crippen LogP contribution in [0.4, 0.5) is 5.69 Å². The van der Waals surface area contributed by atoms with Crippen molar-refractivity contribution in [3.63, 3.8) is 0 Å². The van der Waals surface area contributed by atoms with E-state index in [0.29, 0.717) is 17.4 Å². The Morgan fingerprint density at radius 1 is 1.44 bits per heavy atom. The molecule has 0 bridgehead atoms. The molecule has 1 heterocycles. The maximum atomic E-state index is 12.3. The average molecular weight is 243 g/mol. The highest BCUT2D eigenvalue weighted by atomic mass is 16.2. The first-order valence-electron chi connectivity index (χ1n) is 6.31. The maximum absolute atomic E-state index is 12.3. The normalized spacial score (nSPS) is 15.6. The van der Waals surface area contributed by atoms with Gasteiger partial charge in [0.15, 0.2) is 0 Å². The number of benzene rings is 1. The van der Waals surface area contributed by atoms with Crippen LogP contribution in [0, 0.1) is 0 Å². The Morgan fingerprint density at radius 3 is 2.83 bits per heavy atom. The number of nitrogens with two attached hydrogens (primary N) is 1. The summed E-state index contributed by atoms with van der Waals surface area (Å²) < 4.78 is 0.